The van der Waals surface area contributed by atoms with E-state index in [0.29, 0.717) is 30.6 Å². The SMILES string of the molecule is COC(C)(C)O[C@H](CN(CCN(C)C)Cc1ccc(Cl)cc1)[C@@]12CC[C@]3(C)[C@H](CC[C@@H]4[C@@]5(C)CC[C@H](OC(=O)CC(C)(C)C(=O)O)C(C)(C)[C@@H]5CC[C@]43C)C1=C(C(C)C)C(=O)C2. The molecule has 9 nitrogen and oxygen atoms in total. The van der Waals surface area contributed by atoms with Crippen LogP contribution in [0.5, 0.6) is 0 Å². The average Bonchev–Trinajstić information content (AvgIpc) is 3.48. The maximum atomic E-state index is 14.8. The first-order valence-corrected chi connectivity index (χ1v) is 24.1. The highest BCUT2D eigenvalue weighted by molar-refractivity contribution is 6.30. The second kappa shape index (κ2) is 17.5. The van der Waals surface area contributed by atoms with Crippen molar-refractivity contribution in [3.05, 3.63) is 46.0 Å². The first-order valence-electron chi connectivity index (χ1n) is 23.7. The molecule has 1 aromatic rings. The quantitative estimate of drug-likeness (QED) is 0.128. The molecule has 9 atom stereocenters. The lowest BCUT2D eigenvalue weighted by molar-refractivity contribution is -0.259. The van der Waals surface area contributed by atoms with Crippen molar-refractivity contribution in [2.24, 2.45) is 56.2 Å². The van der Waals surface area contributed by atoms with Gasteiger partial charge in [-0.05, 0) is 156 Å². The highest BCUT2D eigenvalue weighted by Crippen LogP contribution is 2.77. The number of Topliss-reactive ketones (excluding diaryl/α,β-unsaturated/α-hetero) is 1. The van der Waals surface area contributed by atoms with E-state index in [4.69, 9.17) is 25.8 Å². The van der Waals surface area contributed by atoms with Crippen LogP contribution in [0.3, 0.4) is 0 Å². The maximum absolute atomic E-state index is 14.8. The number of rotatable bonds is 16. The summed E-state index contributed by atoms with van der Waals surface area (Å²) >= 11 is 6.34. The normalized spacial score (nSPS) is 33.9. The second-order valence-electron chi connectivity index (χ2n) is 23.4. The molecule has 1 aromatic carbocycles. The monoisotopic (exact) mass is 881 g/mol. The number of fused-ring (bicyclic) bond motifs is 7. The summed E-state index contributed by atoms with van der Waals surface area (Å²) in [6.07, 6.45) is 7.76. The van der Waals surface area contributed by atoms with Crippen molar-refractivity contribution in [3.63, 3.8) is 0 Å². The molecule has 0 saturated heterocycles. The molecule has 5 aliphatic carbocycles. The molecule has 0 spiro atoms. The van der Waals surface area contributed by atoms with E-state index >= 15 is 0 Å². The van der Waals surface area contributed by atoms with Crippen molar-refractivity contribution in [1.82, 2.24) is 9.80 Å². The molecule has 0 aliphatic heterocycles. The summed E-state index contributed by atoms with van der Waals surface area (Å²) in [5, 5.41) is 10.4. The van der Waals surface area contributed by atoms with Gasteiger partial charge < -0.3 is 24.2 Å². The van der Waals surface area contributed by atoms with Crippen LogP contribution in [0.25, 0.3) is 0 Å². The van der Waals surface area contributed by atoms with Crippen LogP contribution in [0.2, 0.25) is 5.02 Å². The summed E-state index contributed by atoms with van der Waals surface area (Å²) in [6.45, 7) is 27.1. The summed E-state index contributed by atoms with van der Waals surface area (Å²) in [7, 11) is 5.96. The minimum atomic E-state index is -1.17. The molecule has 0 bridgehead atoms. The molecule has 0 unspecified atom stereocenters. The van der Waals surface area contributed by atoms with E-state index < -0.39 is 28.6 Å². The number of nitrogens with zero attached hydrogens (tertiary/aromatic N) is 2. The first kappa shape index (κ1) is 49.1. The maximum Gasteiger partial charge on any atom is 0.309 e. The van der Waals surface area contributed by atoms with Gasteiger partial charge in [-0.2, -0.15) is 0 Å². The van der Waals surface area contributed by atoms with E-state index in [1.165, 1.54) is 11.1 Å². The third-order valence-corrected chi connectivity index (χ3v) is 18.3. The Bertz CT molecular complexity index is 1870. The van der Waals surface area contributed by atoms with Crippen LogP contribution in [0.4, 0.5) is 0 Å². The topological polar surface area (TPSA) is 106 Å². The Morgan fingerprint density at radius 2 is 1.55 bits per heavy atom. The van der Waals surface area contributed by atoms with Gasteiger partial charge >= 0.3 is 11.9 Å². The molecule has 5 aliphatic rings. The number of carbonyl (C=O) groups is 3. The van der Waals surface area contributed by atoms with Crippen LogP contribution < -0.4 is 0 Å². The number of likely N-dealkylation sites (N-methyl/N-ethyl adjacent to an activating group) is 1. The number of carboxylic acids is 1. The molecule has 6 rings (SSSR count). The molecule has 0 heterocycles. The van der Waals surface area contributed by atoms with Crippen molar-refractivity contribution >= 4 is 29.3 Å². The van der Waals surface area contributed by atoms with Crippen molar-refractivity contribution in [1.29, 1.82) is 0 Å². The predicted molar refractivity (Wildman–Crippen MR) is 247 cm³/mol. The smallest absolute Gasteiger partial charge is 0.309 e. The highest BCUT2D eigenvalue weighted by Gasteiger charge is 2.71. The van der Waals surface area contributed by atoms with E-state index in [0.717, 1.165) is 81.6 Å². The van der Waals surface area contributed by atoms with Gasteiger partial charge in [-0.1, -0.05) is 77.8 Å². The number of aliphatic carboxylic acids is 1. The number of benzene rings is 1. The van der Waals surface area contributed by atoms with Gasteiger partial charge in [0.1, 0.15) is 6.10 Å². The fourth-order valence-corrected chi connectivity index (χ4v) is 14.4. The van der Waals surface area contributed by atoms with Gasteiger partial charge in [0.05, 0.1) is 17.9 Å². The Balaban J connectivity index is 1.36. The minimum Gasteiger partial charge on any atom is -0.481 e. The third kappa shape index (κ3) is 8.74. The van der Waals surface area contributed by atoms with E-state index in [9.17, 15) is 19.5 Å². The largest absolute Gasteiger partial charge is 0.481 e. The number of halogens is 1. The third-order valence-electron chi connectivity index (χ3n) is 18.0. The zero-order chi connectivity index (χ0) is 46.0. The van der Waals surface area contributed by atoms with Gasteiger partial charge in [0.15, 0.2) is 11.6 Å². The fourth-order valence-electron chi connectivity index (χ4n) is 14.3. The Hall–Kier alpha value is -2.30. The van der Waals surface area contributed by atoms with E-state index in [1.807, 2.05) is 26.0 Å². The summed E-state index contributed by atoms with van der Waals surface area (Å²) in [5.41, 5.74) is 1.82. The van der Waals surface area contributed by atoms with Crippen molar-refractivity contribution in [2.45, 2.75) is 165 Å². The number of methoxy groups -OCH3 is 1. The number of carboxylic acid groups (broad SMARTS) is 1. The summed E-state index contributed by atoms with van der Waals surface area (Å²) < 4.78 is 19.6. The highest BCUT2D eigenvalue weighted by atomic mass is 35.5. The van der Waals surface area contributed by atoms with Crippen LogP contribution in [-0.4, -0.2) is 91.5 Å². The summed E-state index contributed by atoms with van der Waals surface area (Å²) in [4.78, 5) is 44.6. The van der Waals surface area contributed by atoms with Gasteiger partial charge in [-0.3, -0.25) is 19.3 Å². The number of hydrogen-bond acceptors (Lipinski definition) is 8. The lowest BCUT2D eigenvalue weighted by Gasteiger charge is -2.72. The van der Waals surface area contributed by atoms with Crippen molar-refractivity contribution < 1.29 is 33.7 Å². The van der Waals surface area contributed by atoms with Crippen LogP contribution in [0.15, 0.2) is 35.4 Å². The zero-order valence-corrected chi connectivity index (χ0v) is 41.6. The standard InChI is InChI=1S/C52H81ClN2O7/c1-33(2)43-37(56)29-52(41(62-48(7,8)60-14)32-55(28-27-54(12)13)31-34-15-17-35(53)18-16-34)26-25-50(10)36(44(43)52)19-20-39-49(9)23-22-40(61-42(57)30-46(3,4)45(58)59)47(5,6)38(49)21-24-51(39,50)11/h15-18,33,36,38-41H,19-32H2,1-14H3,(H,58,59)/t36-,38+,39-,40+,41-,49+,50-,51-,52+/m1/s1. The molecular weight excluding hydrogens is 800 g/mol. The van der Waals surface area contributed by atoms with Gasteiger partial charge in [-0.15, -0.1) is 0 Å². The average molecular weight is 882 g/mol. The van der Waals surface area contributed by atoms with Crippen LogP contribution in [-0.2, 0) is 35.1 Å². The summed E-state index contributed by atoms with van der Waals surface area (Å²) in [6, 6.07) is 8.16. The molecule has 1 N–H and O–H groups in total. The number of ether oxygens (including phenoxy) is 3. The summed E-state index contributed by atoms with van der Waals surface area (Å²) in [5.74, 6) is -0.766. The minimum absolute atomic E-state index is 0.0292. The predicted octanol–water partition coefficient (Wildman–Crippen LogP) is 10.9. The lowest BCUT2D eigenvalue weighted by Crippen LogP contribution is -2.66. The van der Waals surface area contributed by atoms with E-state index in [2.05, 4.69) is 84.5 Å². The fraction of sp³-hybridized carbons (Fsp3) is 0.788. The van der Waals surface area contributed by atoms with Gasteiger partial charge in [0.2, 0.25) is 0 Å². The number of allylic oxidation sites excluding steroid dienone is 1. The number of carbonyl (C=O) groups excluding carboxylic acids is 2. The van der Waals surface area contributed by atoms with Gasteiger partial charge in [0.25, 0.3) is 0 Å². The molecule has 10 heteroatoms. The lowest BCUT2D eigenvalue weighted by atomic mass is 9.33. The number of hydrogen-bond donors (Lipinski definition) is 1. The second-order valence-corrected chi connectivity index (χ2v) is 23.9. The molecule has 62 heavy (non-hydrogen) atoms. The Morgan fingerprint density at radius 3 is 2.15 bits per heavy atom. The molecule has 4 saturated carbocycles. The van der Waals surface area contributed by atoms with Gasteiger partial charge in [-0.25, -0.2) is 0 Å². The molecular formula is C52H81ClN2O7. The number of esters is 1. The molecule has 348 valence electrons. The Kier molecular flexibility index (Phi) is 13.9. The van der Waals surface area contributed by atoms with E-state index in [-0.39, 0.29) is 52.1 Å². The van der Waals surface area contributed by atoms with Crippen LogP contribution in [0.1, 0.15) is 146 Å². The first-order chi connectivity index (χ1) is 28.7. The van der Waals surface area contributed by atoms with Crippen LogP contribution in [0, 0.1) is 56.2 Å². The van der Waals surface area contributed by atoms with Crippen molar-refractivity contribution in [2.75, 3.05) is 40.8 Å². The molecule has 0 aromatic heterocycles. The Labute approximate surface area is 379 Å². The van der Waals surface area contributed by atoms with Gasteiger partial charge in [0, 0.05) is 55.6 Å². The van der Waals surface area contributed by atoms with Crippen molar-refractivity contribution in [3.8, 4) is 0 Å². The van der Waals surface area contributed by atoms with E-state index in [1.54, 1.807) is 21.0 Å². The molecule has 0 radical (unpaired) electrons. The zero-order valence-electron chi connectivity index (χ0n) is 40.8. The number of ketones is 1. The van der Waals surface area contributed by atoms with Crippen LogP contribution >= 0.6 is 11.6 Å². The molecule has 0 amide bonds. The Morgan fingerprint density at radius 1 is 0.887 bits per heavy atom. The molecule has 4 fully saturated rings.